The number of rotatable bonds is 9. The number of carbonyl (C=O) groups is 3. The van der Waals surface area contributed by atoms with Crippen molar-refractivity contribution in [1.29, 1.82) is 0 Å². The van der Waals surface area contributed by atoms with Crippen molar-refractivity contribution >= 4 is 28.9 Å². The Morgan fingerprint density at radius 3 is 2.33 bits per heavy atom. The molecule has 7 aliphatic carbocycles. The largest absolute Gasteiger partial charge is 0.393 e. The number of benzene rings is 1. The van der Waals surface area contributed by atoms with Crippen molar-refractivity contribution < 1.29 is 44.3 Å². The van der Waals surface area contributed by atoms with Gasteiger partial charge in [-0.1, -0.05) is 71.6 Å². The maximum absolute atomic E-state index is 15.8. The molecule has 3 aliphatic heterocycles. The van der Waals surface area contributed by atoms with Crippen LogP contribution in [0, 0.1) is 50.2 Å². The molecule has 6 N–H and O–H groups in total. The Morgan fingerprint density at radius 2 is 1.64 bits per heavy atom. The number of hydrogen-bond donors (Lipinski definition) is 6. The molecule has 1 aromatic carbocycles. The Bertz CT molecular complexity index is 2940. The lowest BCUT2D eigenvalue weighted by molar-refractivity contribution is -0.267. The lowest BCUT2D eigenvalue weighted by Gasteiger charge is -2.75. The summed E-state index contributed by atoms with van der Waals surface area (Å²) in [6.45, 7) is 14.7. The van der Waals surface area contributed by atoms with Crippen LogP contribution in [0.25, 0.3) is 11.0 Å². The second-order valence-electron chi connectivity index (χ2n) is 29.3. The van der Waals surface area contributed by atoms with E-state index in [0.717, 1.165) is 121 Å². The predicted octanol–water partition coefficient (Wildman–Crippen LogP) is 10.2. The summed E-state index contributed by atoms with van der Waals surface area (Å²) >= 11 is 0. The van der Waals surface area contributed by atoms with Gasteiger partial charge in [0.15, 0.2) is 5.78 Å². The first-order valence-corrected chi connectivity index (χ1v) is 30.9. The average Bonchev–Trinajstić information content (AvgIpc) is 1.79. The summed E-state index contributed by atoms with van der Waals surface area (Å²) in [7, 11) is 2.03. The van der Waals surface area contributed by atoms with Crippen molar-refractivity contribution in [3.8, 4) is 0 Å². The van der Waals surface area contributed by atoms with Gasteiger partial charge in [-0.2, -0.15) is 0 Å². The van der Waals surface area contributed by atoms with Crippen LogP contribution >= 0.6 is 0 Å². The summed E-state index contributed by atoms with van der Waals surface area (Å²) in [4.78, 5) is 49.1. The molecular weight excluding hydrogens is 979 g/mol. The maximum atomic E-state index is 15.8. The summed E-state index contributed by atoms with van der Waals surface area (Å²) < 4.78 is 14.2. The fraction of sp³-hybridized carbons (Fsp3) is 0.742. The van der Waals surface area contributed by atoms with E-state index in [1.165, 1.54) is 12.0 Å². The van der Waals surface area contributed by atoms with Gasteiger partial charge in [-0.25, -0.2) is 0 Å². The van der Waals surface area contributed by atoms with Gasteiger partial charge in [-0.15, -0.1) is 0 Å². The number of aryl methyl sites for hydroxylation is 1. The molecule has 2 saturated heterocycles. The van der Waals surface area contributed by atoms with E-state index in [0.29, 0.717) is 89.2 Å². The minimum atomic E-state index is -1.06. The highest BCUT2D eigenvalue weighted by molar-refractivity contribution is 6.02. The fourth-order valence-corrected chi connectivity index (χ4v) is 21.1. The number of H-pyrrole nitrogens is 1. The van der Waals surface area contributed by atoms with Crippen molar-refractivity contribution in [2.45, 2.75) is 236 Å². The number of aldehydes is 1. The number of epoxide rings is 1. The third-order valence-electron chi connectivity index (χ3n) is 25.2. The number of carbonyl (C=O) groups excluding carboxylic acids is 3. The molecule has 5 heterocycles. The van der Waals surface area contributed by atoms with Gasteiger partial charge in [-0.05, 0) is 172 Å². The van der Waals surface area contributed by atoms with Gasteiger partial charge in [0.25, 0.3) is 0 Å². The Balaban J connectivity index is 0.999. The van der Waals surface area contributed by atoms with Crippen LogP contribution in [0.15, 0.2) is 41.7 Å². The molecule has 15 atom stereocenters. The molecule has 0 bridgehead atoms. The number of nitrogens with zero attached hydrogens (tertiary/aromatic N) is 1. The topological polar surface area (TPSA) is 187 Å². The van der Waals surface area contributed by atoms with Crippen LogP contribution in [0.2, 0.25) is 0 Å². The zero-order chi connectivity index (χ0) is 54.7. The van der Waals surface area contributed by atoms with Crippen molar-refractivity contribution in [2.75, 3.05) is 20.3 Å². The second kappa shape index (κ2) is 18.5. The van der Waals surface area contributed by atoms with E-state index >= 15 is 9.59 Å². The van der Waals surface area contributed by atoms with Gasteiger partial charge in [0, 0.05) is 91.8 Å². The molecule has 424 valence electrons. The Hall–Kier alpha value is -3.49. The second-order valence-corrected chi connectivity index (χ2v) is 29.3. The quantitative estimate of drug-likeness (QED) is 0.0890. The first-order valence-electron chi connectivity index (χ1n) is 30.9. The third kappa shape index (κ3) is 7.63. The van der Waals surface area contributed by atoms with Gasteiger partial charge < -0.3 is 49.6 Å². The molecule has 3 aromatic rings. The highest BCUT2D eigenvalue weighted by Crippen LogP contribution is 2.81. The van der Waals surface area contributed by atoms with E-state index in [1.54, 1.807) is 0 Å². The summed E-state index contributed by atoms with van der Waals surface area (Å²) in [6.07, 6.45) is 18.8. The molecule has 0 amide bonds. The summed E-state index contributed by atoms with van der Waals surface area (Å²) in [5.74, 6) is -0.674. The number of nitrogens with one attached hydrogen (secondary N) is 2. The lowest BCUT2D eigenvalue weighted by Crippen LogP contribution is -2.73. The van der Waals surface area contributed by atoms with Crippen LogP contribution in [-0.4, -0.2) is 104 Å². The van der Waals surface area contributed by atoms with Crippen LogP contribution in [0.3, 0.4) is 0 Å². The zero-order valence-electron chi connectivity index (χ0n) is 48.0. The molecular formula is C66H91N3O9. The molecule has 78 heavy (non-hydrogen) atoms. The molecule has 6 saturated carbocycles. The number of aliphatic hydroxyl groups excluding tert-OH is 3. The number of ketones is 2. The fourth-order valence-electron chi connectivity index (χ4n) is 21.1. The summed E-state index contributed by atoms with van der Waals surface area (Å²) in [5.41, 5.74) is 3.40. The maximum Gasteiger partial charge on any atom is 0.160 e. The number of Topliss-reactive ketones (excluding diaryl/α,β-unsaturated/α-hetero) is 2. The normalized spacial score (nSPS) is 41.9. The van der Waals surface area contributed by atoms with E-state index in [-0.39, 0.29) is 29.8 Å². The highest BCUT2D eigenvalue weighted by atomic mass is 16.6. The Morgan fingerprint density at radius 1 is 0.885 bits per heavy atom. The lowest BCUT2D eigenvalue weighted by atomic mass is 9.29. The van der Waals surface area contributed by atoms with Gasteiger partial charge in [-0.3, -0.25) is 9.59 Å². The first-order chi connectivity index (χ1) is 37.1. The van der Waals surface area contributed by atoms with E-state index < -0.39 is 73.8 Å². The standard InChI is InChI=1S/C66H91N3O9/c1-59(2)58(78-59)49(73)31-60(3)19-15-39-34-68-54-45(47(37-70)41-26-40(38-12-9-8-10-13-38)27-42(28-41)66(76)22-24-77-25-23-66)35-69(55(39)54)36-46-52-53(60)48(72)32-62(52,5)61(4)20-17-50-63(6,57(61)56(46)75)64(21-16-44(71)30-64)33-51(74)65(50)18-11-14-43(29-65)67-7/h26-28,34-35,37-38,43-44,46-47,49-50,56-58,67-68,71,73,75-76H,8-25,29-33,36H2,1-7H3. The third-order valence-corrected chi connectivity index (χ3v) is 25.2. The minimum absolute atomic E-state index is 0.00375. The predicted molar refractivity (Wildman–Crippen MR) is 299 cm³/mol. The molecule has 2 aromatic heterocycles. The van der Waals surface area contributed by atoms with Crippen LogP contribution < -0.4 is 5.32 Å². The van der Waals surface area contributed by atoms with Gasteiger partial charge >= 0.3 is 0 Å². The highest BCUT2D eigenvalue weighted by Gasteiger charge is 2.78. The first kappa shape index (κ1) is 53.8. The molecule has 12 heteroatoms. The van der Waals surface area contributed by atoms with E-state index in [1.807, 2.05) is 20.9 Å². The van der Waals surface area contributed by atoms with Crippen LogP contribution in [0.5, 0.6) is 0 Å². The molecule has 10 aliphatic rings. The molecule has 13 rings (SSSR count). The molecule has 15 unspecified atom stereocenters. The average molecular weight is 1070 g/mol. The Labute approximate surface area is 462 Å². The van der Waals surface area contributed by atoms with E-state index in [4.69, 9.17) is 9.47 Å². The number of aromatic amines is 1. The van der Waals surface area contributed by atoms with Gasteiger partial charge in [0.2, 0.25) is 0 Å². The van der Waals surface area contributed by atoms with Crippen molar-refractivity contribution in [2.24, 2.45) is 50.2 Å². The SMILES string of the molecule is CNC1CCCC2(C1)C(=O)CC1(CCC(O)C1)C1(C)C2CCC2(C)C1C(O)C1Cn3cc(C(C=O)c4cc(C5CCCCC5)cc(C5(O)CCOCC5)c4)c4[nH]cc(c43)CCC(C)(CC(O)C3OC3(C)C)C3=C1C2(C)CC3=O. The summed E-state index contributed by atoms with van der Waals surface area (Å²) in [6, 6.07) is 6.77. The van der Waals surface area contributed by atoms with E-state index in [2.05, 4.69) is 73.2 Å². The number of hydrogen-bond acceptors (Lipinski definition) is 10. The number of allylic oxidation sites excluding steroid dienone is 1. The van der Waals surface area contributed by atoms with Crippen molar-refractivity contribution in [1.82, 2.24) is 14.9 Å². The number of aliphatic hydroxyl groups is 4. The number of aromatic nitrogens is 2. The van der Waals surface area contributed by atoms with Crippen molar-refractivity contribution in [3.63, 3.8) is 0 Å². The summed E-state index contributed by atoms with van der Waals surface area (Å²) in [5, 5.41) is 54.3. The van der Waals surface area contributed by atoms with Crippen LogP contribution in [0.4, 0.5) is 0 Å². The number of fused-ring (bicyclic) bond motifs is 6. The van der Waals surface area contributed by atoms with E-state index in [9.17, 15) is 25.2 Å². The molecule has 0 radical (unpaired) electrons. The van der Waals surface area contributed by atoms with Gasteiger partial charge in [0.05, 0.1) is 46.5 Å². The Kier molecular flexibility index (Phi) is 12.8. The van der Waals surface area contributed by atoms with Crippen LogP contribution in [0.1, 0.15) is 210 Å². The molecule has 2 spiro atoms. The zero-order valence-corrected chi connectivity index (χ0v) is 48.0. The minimum Gasteiger partial charge on any atom is -0.393 e. The molecule has 12 nitrogen and oxygen atoms in total. The monoisotopic (exact) mass is 1070 g/mol. The van der Waals surface area contributed by atoms with Crippen LogP contribution in [-0.2, 0) is 42.4 Å². The van der Waals surface area contributed by atoms with Crippen molar-refractivity contribution in [3.05, 3.63) is 69.6 Å². The molecule has 8 fully saturated rings. The number of ether oxygens (including phenoxy) is 2. The van der Waals surface area contributed by atoms with Gasteiger partial charge in [0.1, 0.15) is 18.2 Å². The smallest absolute Gasteiger partial charge is 0.160 e.